The number of aryl methyl sites for hydroxylation is 1. The van der Waals surface area contributed by atoms with Crippen molar-refractivity contribution in [2.45, 2.75) is 51.0 Å². The normalized spacial score (nSPS) is 23.8. The van der Waals surface area contributed by atoms with Crippen molar-refractivity contribution in [3.05, 3.63) is 11.7 Å². The first-order valence-electron chi connectivity index (χ1n) is 7.52. The third-order valence-electron chi connectivity index (χ3n) is 4.48. The summed E-state index contributed by atoms with van der Waals surface area (Å²) in [5.74, 6) is 1.51. The summed E-state index contributed by atoms with van der Waals surface area (Å²) in [7, 11) is 0. The number of rotatable bonds is 3. The molecule has 0 atom stereocenters. The monoisotopic (exact) mass is 264 g/mol. The molecule has 1 spiro atoms. The van der Waals surface area contributed by atoms with Crippen molar-refractivity contribution in [3.63, 3.8) is 0 Å². The summed E-state index contributed by atoms with van der Waals surface area (Å²) < 4.78 is 5.19. The van der Waals surface area contributed by atoms with Gasteiger partial charge in [0, 0.05) is 38.1 Å². The first-order valence-corrected chi connectivity index (χ1v) is 7.52. The third-order valence-corrected chi connectivity index (χ3v) is 4.48. The molecule has 2 heterocycles. The molecule has 5 nitrogen and oxygen atoms in total. The summed E-state index contributed by atoms with van der Waals surface area (Å²) in [5.41, 5.74) is 0.390. The van der Waals surface area contributed by atoms with E-state index in [-0.39, 0.29) is 0 Å². The van der Waals surface area contributed by atoms with E-state index in [2.05, 4.69) is 20.4 Å². The first kappa shape index (κ1) is 13.1. The molecule has 2 fully saturated rings. The highest BCUT2D eigenvalue weighted by molar-refractivity contribution is 4.97. The van der Waals surface area contributed by atoms with Crippen molar-refractivity contribution in [2.24, 2.45) is 0 Å². The van der Waals surface area contributed by atoms with Crippen LogP contribution in [0, 0.1) is 6.92 Å². The molecule has 1 aromatic rings. The highest BCUT2D eigenvalue weighted by Gasteiger charge is 2.35. The molecule has 0 radical (unpaired) electrons. The maximum atomic E-state index is 5.19. The number of hydrogen-bond donors (Lipinski definition) is 1. The van der Waals surface area contributed by atoms with Crippen molar-refractivity contribution in [1.29, 1.82) is 0 Å². The van der Waals surface area contributed by atoms with Crippen LogP contribution in [0.3, 0.4) is 0 Å². The number of nitrogens with zero attached hydrogens (tertiary/aromatic N) is 3. The zero-order chi connectivity index (χ0) is 13.1. The molecule has 1 aliphatic heterocycles. The highest BCUT2D eigenvalue weighted by atomic mass is 16.5. The Balaban J connectivity index is 1.53. The van der Waals surface area contributed by atoms with E-state index < -0.39 is 0 Å². The lowest BCUT2D eigenvalue weighted by molar-refractivity contribution is 0.0986. The van der Waals surface area contributed by atoms with Crippen LogP contribution in [0.25, 0.3) is 0 Å². The Labute approximate surface area is 114 Å². The van der Waals surface area contributed by atoms with Crippen molar-refractivity contribution >= 4 is 0 Å². The van der Waals surface area contributed by atoms with Gasteiger partial charge < -0.3 is 9.84 Å². The molecule has 0 aromatic carbocycles. The van der Waals surface area contributed by atoms with Crippen molar-refractivity contribution in [2.75, 3.05) is 26.2 Å². The van der Waals surface area contributed by atoms with Gasteiger partial charge >= 0.3 is 0 Å². The van der Waals surface area contributed by atoms with Gasteiger partial charge in [-0.05, 0) is 19.8 Å². The molecule has 1 N–H and O–H groups in total. The standard InChI is InChI=1S/C14H24N4O/c1-12-16-13(19-17-12)5-9-18-10-8-15-14(11-18)6-3-2-4-7-14/h15H,2-11H2,1H3. The van der Waals surface area contributed by atoms with Gasteiger partial charge in [0.05, 0.1) is 0 Å². The molecule has 1 saturated carbocycles. The summed E-state index contributed by atoms with van der Waals surface area (Å²) in [6.45, 7) is 6.33. The minimum absolute atomic E-state index is 0.390. The molecule has 0 unspecified atom stereocenters. The molecule has 2 aliphatic rings. The maximum absolute atomic E-state index is 5.19. The van der Waals surface area contributed by atoms with Gasteiger partial charge in [0.2, 0.25) is 5.89 Å². The fraction of sp³-hybridized carbons (Fsp3) is 0.857. The second kappa shape index (κ2) is 5.59. The topological polar surface area (TPSA) is 54.2 Å². The van der Waals surface area contributed by atoms with E-state index in [0.717, 1.165) is 37.8 Å². The minimum Gasteiger partial charge on any atom is -0.339 e. The van der Waals surface area contributed by atoms with Crippen LogP contribution in [0.4, 0.5) is 0 Å². The van der Waals surface area contributed by atoms with Crippen LogP contribution in [0.5, 0.6) is 0 Å². The van der Waals surface area contributed by atoms with E-state index in [4.69, 9.17) is 4.52 Å². The first-order chi connectivity index (χ1) is 9.26. The molecule has 1 aromatic heterocycles. The molecule has 106 valence electrons. The van der Waals surface area contributed by atoms with Crippen LogP contribution >= 0.6 is 0 Å². The Morgan fingerprint density at radius 3 is 2.89 bits per heavy atom. The van der Waals surface area contributed by atoms with Crippen molar-refractivity contribution in [1.82, 2.24) is 20.4 Å². The van der Waals surface area contributed by atoms with Crippen molar-refractivity contribution in [3.8, 4) is 0 Å². The lowest BCUT2D eigenvalue weighted by Gasteiger charge is -2.46. The second-order valence-corrected chi connectivity index (χ2v) is 6.03. The van der Waals surface area contributed by atoms with Gasteiger partial charge in [0.25, 0.3) is 0 Å². The highest BCUT2D eigenvalue weighted by Crippen LogP contribution is 2.30. The Kier molecular flexibility index (Phi) is 3.84. The lowest BCUT2D eigenvalue weighted by atomic mass is 9.80. The summed E-state index contributed by atoms with van der Waals surface area (Å²) >= 11 is 0. The average Bonchev–Trinajstić information content (AvgIpc) is 2.83. The molecule has 5 heteroatoms. The summed E-state index contributed by atoms with van der Waals surface area (Å²) in [6.07, 6.45) is 7.71. The van der Waals surface area contributed by atoms with Gasteiger partial charge in [0.15, 0.2) is 5.82 Å². The summed E-state index contributed by atoms with van der Waals surface area (Å²) in [4.78, 5) is 6.84. The Morgan fingerprint density at radius 1 is 1.32 bits per heavy atom. The van der Waals surface area contributed by atoms with Gasteiger partial charge in [-0.2, -0.15) is 4.98 Å². The Morgan fingerprint density at radius 2 is 2.16 bits per heavy atom. The van der Waals surface area contributed by atoms with Crippen LogP contribution in [0.1, 0.15) is 43.8 Å². The van der Waals surface area contributed by atoms with Crippen LogP contribution in [0.2, 0.25) is 0 Å². The quantitative estimate of drug-likeness (QED) is 0.897. The van der Waals surface area contributed by atoms with Gasteiger partial charge in [-0.25, -0.2) is 0 Å². The zero-order valence-electron chi connectivity index (χ0n) is 11.8. The number of piperazine rings is 1. The van der Waals surface area contributed by atoms with Gasteiger partial charge in [-0.3, -0.25) is 4.90 Å². The lowest BCUT2D eigenvalue weighted by Crippen LogP contribution is -2.61. The van der Waals surface area contributed by atoms with Crippen LogP contribution in [-0.2, 0) is 6.42 Å². The number of aromatic nitrogens is 2. The van der Waals surface area contributed by atoms with Gasteiger partial charge in [-0.1, -0.05) is 24.4 Å². The molecule has 0 bridgehead atoms. The van der Waals surface area contributed by atoms with Gasteiger partial charge in [-0.15, -0.1) is 0 Å². The maximum Gasteiger partial charge on any atom is 0.227 e. The SMILES string of the molecule is Cc1noc(CCN2CCNC3(CCCCC3)C2)n1. The van der Waals surface area contributed by atoms with E-state index in [1.165, 1.54) is 38.6 Å². The molecular weight excluding hydrogens is 240 g/mol. The Bertz CT molecular complexity index is 406. The fourth-order valence-corrected chi connectivity index (χ4v) is 3.49. The van der Waals surface area contributed by atoms with E-state index in [1.807, 2.05) is 6.92 Å². The molecular formula is C14H24N4O. The molecule has 0 amide bonds. The van der Waals surface area contributed by atoms with Crippen LogP contribution in [0.15, 0.2) is 4.52 Å². The number of hydrogen-bond acceptors (Lipinski definition) is 5. The average molecular weight is 264 g/mol. The number of nitrogens with one attached hydrogen (secondary N) is 1. The zero-order valence-corrected chi connectivity index (χ0v) is 11.8. The summed E-state index contributed by atoms with van der Waals surface area (Å²) in [6, 6.07) is 0. The predicted molar refractivity (Wildman–Crippen MR) is 73.0 cm³/mol. The summed E-state index contributed by atoms with van der Waals surface area (Å²) in [5, 5.41) is 7.62. The van der Waals surface area contributed by atoms with Crippen molar-refractivity contribution < 1.29 is 4.52 Å². The molecule has 1 saturated heterocycles. The largest absolute Gasteiger partial charge is 0.339 e. The molecule has 1 aliphatic carbocycles. The third kappa shape index (κ3) is 3.15. The van der Waals surface area contributed by atoms with Crippen LogP contribution < -0.4 is 5.32 Å². The van der Waals surface area contributed by atoms with Crippen LogP contribution in [-0.4, -0.2) is 46.8 Å². The van der Waals surface area contributed by atoms with E-state index in [0.29, 0.717) is 5.54 Å². The smallest absolute Gasteiger partial charge is 0.227 e. The second-order valence-electron chi connectivity index (χ2n) is 6.03. The van der Waals surface area contributed by atoms with Gasteiger partial charge in [0.1, 0.15) is 0 Å². The van der Waals surface area contributed by atoms with E-state index in [1.54, 1.807) is 0 Å². The fourth-order valence-electron chi connectivity index (χ4n) is 3.49. The Hall–Kier alpha value is -0.940. The van der Waals surface area contributed by atoms with E-state index in [9.17, 15) is 0 Å². The minimum atomic E-state index is 0.390. The predicted octanol–water partition coefficient (Wildman–Crippen LogP) is 1.53. The molecule has 3 rings (SSSR count). The van der Waals surface area contributed by atoms with E-state index >= 15 is 0 Å². The molecule has 19 heavy (non-hydrogen) atoms.